The molecule has 130 valence electrons. The van der Waals surface area contributed by atoms with Crippen LogP contribution in [0.15, 0.2) is 45.6 Å². The molecule has 0 aliphatic carbocycles. The van der Waals surface area contributed by atoms with Crippen LogP contribution >= 0.6 is 0 Å². The first kappa shape index (κ1) is 16.7. The van der Waals surface area contributed by atoms with Crippen LogP contribution in [0.25, 0.3) is 22.3 Å². The molecule has 3 aromatic rings. The maximum Gasteiger partial charge on any atom is 0.203 e. The van der Waals surface area contributed by atoms with Crippen molar-refractivity contribution in [2.24, 2.45) is 0 Å². The van der Waals surface area contributed by atoms with Crippen molar-refractivity contribution in [2.45, 2.75) is 0 Å². The van der Waals surface area contributed by atoms with E-state index in [0.717, 1.165) is 0 Å². The molecule has 25 heavy (non-hydrogen) atoms. The number of methoxy groups -OCH3 is 4. The van der Waals surface area contributed by atoms with Gasteiger partial charge in [-0.2, -0.15) is 0 Å². The number of ether oxygens (including phenoxy) is 4. The van der Waals surface area contributed by atoms with Crippen LogP contribution in [-0.4, -0.2) is 28.4 Å². The lowest BCUT2D eigenvalue weighted by Gasteiger charge is -2.14. The number of rotatable bonds is 5. The molecule has 2 aromatic carbocycles. The van der Waals surface area contributed by atoms with Gasteiger partial charge in [0.05, 0.1) is 33.8 Å². The van der Waals surface area contributed by atoms with E-state index in [9.17, 15) is 4.79 Å². The summed E-state index contributed by atoms with van der Waals surface area (Å²) in [6.45, 7) is 0. The lowest BCUT2D eigenvalue weighted by molar-refractivity contribution is 0.324. The van der Waals surface area contributed by atoms with Gasteiger partial charge < -0.3 is 23.4 Å². The van der Waals surface area contributed by atoms with E-state index in [1.54, 1.807) is 37.4 Å². The monoisotopic (exact) mass is 342 g/mol. The smallest absolute Gasteiger partial charge is 0.203 e. The first-order chi connectivity index (χ1) is 12.1. The van der Waals surface area contributed by atoms with Gasteiger partial charge in [-0.25, -0.2) is 0 Å². The number of benzene rings is 2. The molecule has 0 saturated carbocycles. The molecule has 3 rings (SSSR count). The Morgan fingerprint density at radius 2 is 1.48 bits per heavy atom. The standard InChI is InChI=1S/C19H18O6/c1-21-12-5-6-15-13(9-12)14(20)10-16(25-15)11-7-17(22-2)19(24-4)18(8-11)23-3/h5-10H,1-4H3. The average molecular weight is 342 g/mol. The van der Waals surface area contributed by atoms with Gasteiger partial charge in [0.15, 0.2) is 16.9 Å². The first-order valence-electron chi connectivity index (χ1n) is 7.53. The van der Waals surface area contributed by atoms with E-state index in [2.05, 4.69) is 0 Å². The topological polar surface area (TPSA) is 67.1 Å². The second kappa shape index (κ2) is 6.76. The highest BCUT2D eigenvalue weighted by molar-refractivity contribution is 5.80. The van der Waals surface area contributed by atoms with E-state index in [1.807, 2.05) is 0 Å². The van der Waals surface area contributed by atoms with Crippen molar-refractivity contribution in [2.75, 3.05) is 28.4 Å². The van der Waals surface area contributed by atoms with Gasteiger partial charge in [-0.3, -0.25) is 4.79 Å². The average Bonchev–Trinajstić information content (AvgIpc) is 2.66. The van der Waals surface area contributed by atoms with Crippen molar-refractivity contribution in [1.82, 2.24) is 0 Å². The number of hydrogen-bond donors (Lipinski definition) is 0. The third kappa shape index (κ3) is 2.98. The molecule has 0 radical (unpaired) electrons. The summed E-state index contributed by atoms with van der Waals surface area (Å²) in [7, 11) is 6.14. The van der Waals surface area contributed by atoms with Crippen molar-refractivity contribution in [3.05, 3.63) is 46.6 Å². The van der Waals surface area contributed by atoms with Crippen LogP contribution in [0.5, 0.6) is 23.0 Å². The van der Waals surface area contributed by atoms with Crippen molar-refractivity contribution in [3.8, 4) is 34.3 Å². The summed E-state index contributed by atoms with van der Waals surface area (Å²) in [4.78, 5) is 12.5. The summed E-state index contributed by atoms with van der Waals surface area (Å²) in [5.74, 6) is 2.44. The minimum Gasteiger partial charge on any atom is -0.497 e. The quantitative estimate of drug-likeness (QED) is 0.707. The lowest BCUT2D eigenvalue weighted by Crippen LogP contribution is -2.01. The predicted octanol–water partition coefficient (Wildman–Crippen LogP) is 3.49. The van der Waals surface area contributed by atoms with Crippen molar-refractivity contribution >= 4 is 11.0 Å². The SMILES string of the molecule is COc1ccc2oc(-c3cc(OC)c(OC)c(OC)c3)cc(=O)c2c1. The maximum atomic E-state index is 12.5. The highest BCUT2D eigenvalue weighted by atomic mass is 16.5. The fraction of sp³-hybridized carbons (Fsp3) is 0.211. The Morgan fingerprint density at radius 3 is 2.04 bits per heavy atom. The highest BCUT2D eigenvalue weighted by Crippen LogP contribution is 2.41. The summed E-state index contributed by atoms with van der Waals surface area (Å²) in [6.07, 6.45) is 0. The van der Waals surface area contributed by atoms with Gasteiger partial charge in [-0.15, -0.1) is 0 Å². The van der Waals surface area contributed by atoms with E-state index in [0.29, 0.717) is 45.3 Å². The van der Waals surface area contributed by atoms with Crippen LogP contribution in [-0.2, 0) is 0 Å². The third-order valence-electron chi connectivity index (χ3n) is 3.88. The van der Waals surface area contributed by atoms with E-state index in [4.69, 9.17) is 23.4 Å². The predicted molar refractivity (Wildman–Crippen MR) is 94.1 cm³/mol. The summed E-state index contributed by atoms with van der Waals surface area (Å²) in [5, 5.41) is 0.454. The second-order valence-electron chi connectivity index (χ2n) is 5.25. The summed E-state index contributed by atoms with van der Waals surface area (Å²) in [5.41, 5.74) is 0.949. The molecule has 0 N–H and O–H groups in total. The van der Waals surface area contributed by atoms with Gasteiger partial charge in [0.2, 0.25) is 5.75 Å². The molecule has 6 heteroatoms. The molecule has 1 aromatic heterocycles. The van der Waals surface area contributed by atoms with Gasteiger partial charge in [-0.1, -0.05) is 0 Å². The Balaban J connectivity index is 2.21. The van der Waals surface area contributed by atoms with E-state index in [1.165, 1.54) is 27.4 Å². The first-order valence-corrected chi connectivity index (χ1v) is 7.53. The number of fused-ring (bicyclic) bond motifs is 1. The molecule has 0 amide bonds. The Bertz CT molecular complexity index is 948. The van der Waals surface area contributed by atoms with Gasteiger partial charge >= 0.3 is 0 Å². The van der Waals surface area contributed by atoms with E-state index < -0.39 is 0 Å². The molecular formula is C19H18O6. The van der Waals surface area contributed by atoms with Crippen LogP contribution in [0.2, 0.25) is 0 Å². The summed E-state index contributed by atoms with van der Waals surface area (Å²) >= 11 is 0. The molecule has 0 atom stereocenters. The largest absolute Gasteiger partial charge is 0.497 e. The van der Waals surface area contributed by atoms with Crippen LogP contribution in [0.4, 0.5) is 0 Å². The third-order valence-corrected chi connectivity index (χ3v) is 3.88. The highest BCUT2D eigenvalue weighted by Gasteiger charge is 2.16. The molecule has 0 fully saturated rings. The minimum atomic E-state index is -0.163. The Labute approximate surface area is 144 Å². The van der Waals surface area contributed by atoms with E-state index >= 15 is 0 Å². The number of hydrogen-bond acceptors (Lipinski definition) is 6. The molecule has 0 spiro atoms. The van der Waals surface area contributed by atoms with Gasteiger partial charge in [0.25, 0.3) is 0 Å². The van der Waals surface area contributed by atoms with Crippen molar-refractivity contribution in [3.63, 3.8) is 0 Å². The fourth-order valence-electron chi connectivity index (χ4n) is 2.63. The minimum absolute atomic E-state index is 0.163. The molecule has 0 aliphatic rings. The van der Waals surface area contributed by atoms with Crippen molar-refractivity contribution < 1.29 is 23.4 Å². The zero-order valence-electron chi connectivity index (χ0n) is 14.4. The van der Waals surface area contributed by atoms with Crippen LogP contribution < -0.4 is 24.4 Å². The molecule has 0 aliphatic heterocycles. The molecule has 0 saturated heterocycles. The van der Waals surface area contributed by atoms with E-state index in [-0.39, 0.29) is 5.43 Å². The zero-order valence-corrected chi connectivity index (χ0v) is 14.4. The van der Waals surface area contributed by atoms with Gasteiger partial charge in [-0.05, 0) is 30.3 Å². The maximum absolute atomic E-state index is 12.5. The summed E-state index contributed by atoms with van der Waals surface area (Å²) in [6, 6.07) is 9.99. The molecule has 1 heterocycles. The van der Waals surface area contributed by atoms with Crippen molar-refractivity contribution in [1.29, 1.82) is 0 Å². The summed E-state index contributed by atoms with van der Waals surface area (Å²) < 4.78 is 27.1. The normalized spacial score (nSPS) is 10.6. The Hall–Kier alpha value is -3.15. The fourth-order valence-corrected chi connectivity index (χ4v) is 2.63. The molecule has 0 bridgehead atoms. The molecule has 0 unspecified atom stereocenters. The van der Waals surface area contributed by atoms with Crippen LogP contribution in [0.1, 0.15) is 0 Å². The lowest BCUT2D eigenvalue weighted by atomic mass is 10.1. The molecular weight excluding hydrogens is 324 g/mol. The zero-order chi connectivity index (χ0) is 18.0. The van der Waals surface area contributed by atoms with Gasteiger partial charge in [0.1, 0.15) is 17.1 Å². The van der Waals surface area contributed by atoms with Crippen LogP contribution in [0, 0.1) is 0 Å². The van der Waals surface area contributed by atoms with Crippen LogP contribution in [0.3, 0.4) is 0 Å². The Kier molecular flexibility index (Phi) is 4.52. The van der Waals surface area contributed by atoms with Gasteiger partial charge in [0, 0.05) is 11.6 Å². The second-order valence-corrected chi connectivity index (χ2v) is 5.25. The Morgan fingerprint density at radius 1 is 0.800 bits per heavy atom. The molecule has 6 nitrogen and oxygen atoms in total.